The van der Waals surface area contributed by atoms with Gasteiger partial charge in [0.25, 0.3) is 0 Å². The molecular weight excluding hydrogens is 1110 g/mol. The number of rotatable bonds is 64. The van der Waals surface area contributed by atoms with Gasteiger partial charge in [-0.05, 0) is 38.5 Å². The molecule has 0 spiro atoms. The van der Waals surface area contributed by atoms with Crippen LogP contribution >= 0.6 is 0 Å². The standard InChI is InChI=1S/C74H143NO13/c1-3-5-7-9-11-13-15-17-19-20-21-22-23-24-25-26-27-28-29-30-31-32-33-34-35-36-37-38-39-40-41-42-44-46-48-50-52-54-56-58-66(79)75-62(63(78)57-55-53-51-49-47-45-43-18-16-14-12-10-8-6-4-2)61-85-73-71(84)69(82)72(65(60-77)87-73)88-74-70(83)68(81)67(80)64(59-76)86-74/h20-21,62-65,67-74,76-78,80-84H,3-19,22-61H2,1-2H3,(H,75,79)/b21-20-. The summed E-state index contributed by atoms with van der Waals surface area (Å²) in [6.07, 6.45) is 57.0. The highest BCUT2D eigenvalue weighted by Gasteiger charge is 2.51. The van der Waals surface area contributed by atoms with Gasteiger partial charge >= 0.3 is 0 Å². The molecule has 0 aromatic carbocycles. The van der Waals surface area contributed by atoms with Crippen LogP contribution in [0, 0.1) is 0 Å². The molecule has 14 nitrogen and oxygen atoms in total. The van der Waals surface area contributed by atoms with Crippen molar-refractivity contribution in [1.82, 2.24) is 5.32 Å². The lowest BCUT2D eigenvalue weighted by Crippen LogP contribution is -2.65. The first kappa shape index (κ1) is 82.8. The average Bonchev–Trinajstić information content (AvgIpc) is 2.99. The first-order valence-corrected chi connectivity index (χ1v) is 37.9. The number of hydrogen-bond acceptors (Lipinski definition) is 13. The van der Waals surface area contributed by atoms with Crippen LogP contribution in [0.25, 0.3) is 0 Å². The van der Waals surface area contributed by atoms with Crippen molar-refractivity contribution in [2.75, 3.05) is 19.8 Å². The van der Waals surface area contributed by atoms with Crippen LogP contribution in [0.3, 0.4) is 0 Å². The Morgan fingerprint density at radius 2 is 0.716 bits per heavy atom. The first-order valence-electron chi connectivity index (χ1n) is 37.9. The number of carbonyl (C=O) groups excluding carboxylic acids is 1. The zero-order valence-corrected chi connectivity index (χ0v) is 57.0. The second kappa shape index (κ2) is 59.5. The minimum absolute atomic E-state index is 0.198. The van der Waals surface area contributed by atoms with E-state index >= 15 is 0 Å². The van der Waals surface area contributed by atoms with E-state index < -0.39 is 86.8 Å². The third-order valence-electron chi connectivity index (χ3n) is 19.0. The van der Waals surface area contributed by atoms with E-state index in [0.29, 0.717) is 12.8 Å². The molecule has 2 heterocycles. The lowest BCUT2D eigenvalue weighted by molar-refractivity contribution is -0.359. The molecule has 9 N–H and O–H groups in total. The Morgan fingerprint density at radius 3 is 1.08 bits per heavy atom. The summed E-state index contributed by atoms with van der Waals surface area (Å²) in [7, 11) is 0. The Kier molecular flexibility index (Phi) is 56.0. The molecule has 0 aliphatic carbocycles. The Hall–Kier alpha value is -1.27. The van der Waals surface area contributed by atoms with Gasteiger partial charge in [-0.2, -0.15) is 0 Å². The van der Waals surface area contributed by atoms with Gasteiger partial charge < -0.3 is 65.1 Å². The SMILES string of the molecule is CCCCCCCCCC/C=C\CCCCCCCCCCCCCCCCCCCCCCCCCCCCCC(=O)NC(COC1OC(CO)C(OC2OC(CO)C(O)C(O)C2O)C(O)C1O)C(O)CCCCCCCCCCCCCCCCC. The smallest absolute Gasteiger partial charge is 0.220 e. The molecule has 0 bridgehead atoms. The van der Waals surface area contributed by atoms with Gasteiger partial charge in [-0.25, -0.2) is 0 Å². The largest absolute Gasteiger partial charge is 0.394 e. The molecule has 88 heavy (non-hydrogen) atoms. The highest BCUT2D eigenvalue weighted by Crippen LogP contribution is 2.30. The molecule has 1 amide bonds. The number of aliphatic hydroxyl groups excluding tert-OH is 8. The van der Waals surface area contributed by atoms with Gasteiger partial charge in [-0.1, -0.05) is 328 Å². The van der Waals surface area contributed by atoms with Crippen LogP contribution in [0.2, 0.25) is 0 Å². The maximum Gasteiger partial charge on any atom is 0.220 e. The second-order valence-electron chi connectivity index (χ2n) is 27.1. The zero-order valence-electron chi connectivity index (χ0n) is 57.0. The van der Waals surface area contributed by atoms with Crippen molar-refractivity contribution in [3.05, 3.63) is 12.2 Å². The molecular formula is C74H143NO13. The predicted molar refractivity (Wildman–Crippen MR) is 360 cm³/mol. The van der Waals surface area contributed by atoms with Crippen LogP contribution in [0.15, 0.2) is 12.2 Å². The van der Waals surface area contributed by atoms with E-state index in [-0.39, 0.29) is 12.5 Å². The molecule has 2 aliphatic heterocycles. The van der Waals surface area contributed by atoms with E-state index in [9.17, 15) is 45.6 Å². The lowest BCUT2D eigenvalue weighted by atomic mass is 9.97. The highest BCUT2D eigenvalue weighted by molar-refractivity contribution is 5.76. The van der Waals surface area contributed by atoms with Crippen molar-refractivity contribution < 1.29 is 64.6 Å². The monoisotopic (exact) mass is 1250 g/mol. The summed E-state index contributed by atoms with van der Waals surface area (Å²) in [5, 5.41) is 87.5. The van der Waals surface area contributed by atoms with E-state index in [1.165, 1.54) is 283 Å². The van der Waals surface area contributed by atoms with Gasteiger partial charge in [0, 0.05) is 6.42 Å². The van der Waals surface area contributed by atoms with E-state index in [1.54, 1.807) is 0 Å². The topological polar surface area (TPSA) is 228 Å². The molecule has 2 rings (SSSR count). The van der Waals surface area contributed by atoms with E-state index in [1.807, 2.05) is 0 Å². The fourth-order valence-electron chi connectivity index (χ4n) is 12.9. The van der Waals surface area contributed by atoms with Crippen molar-refractivity contribution in [2.45, 2.75) is 434 Å². The van der Waals surface area contributed by atoms with Crippen molar-refractivity contribution in [2.24, 2.45) is 0 Å². The van der Waals surface area contributed by atoms with Gasteiger partial charge in [-0.3, -0.25) is 4.79 Å². The Bertz CT molecular complexity index is 1520. The number of amides is 1. The van der Waals surface area contributed by atoms with E-state index in [4.69, 9.17) is 18.9 Å². The Balaban J connectivity index is 1.53. The van der Waals surface area contributed by atoms with Crippen LogP contribution in [-0.4, -0.2) is 140 Å². The van der Waals surface area contributed by atoms with Crippen molar-refractivity contribution in [3.8, 4) is 0 Å². The van der Waals surface area contributed by atoms with Crippen LogP contribution in [-0.2, 0) is 23.7 Å². The predicted octanol–water partition coefficient (Wildman–Crippen LogP) is 16.1. The maximum atomic E-state index is 13.3. The number of ether oxygens (including phenoxy) is 4. The molecule has 522 valence electrons. The third kappa shape index (κ3) is 42.9. The van der Waals surface area contributed by atoms with Crippen molar-refractivity contribution in [3.63, 3.8) is 0 Å². The Labute approximate surface area is 539 Å². The maximum absolute atomic E-state index is 13.3. The number of allylic oxidation sites excluding steroid dienone is 2. The summed E-state index contributed by atoms with van der Waals surface area (Å²) < 4.78 is 22.9. The first-order chi connectivity index (χ1) is 43.1. The third-order valence-corrected chi connectivity index (χ3v) is 19.0. The van der Waals surface area contributed by atoms with Gasteiger partial charge in [0.15, 0.2) is 12.6 Å². The molecule has 2 saturated heterocycles. The normalized spacial score (nSPS) is 23.1. The summed E-state index contributed by atoms with van der Waals surface area (Å²) >= 11 is 0. The molecule has 2 fully saturated rings. The number of hydrogen-bond donors (Lipinski definition) is 9. The van der Waals surface area contributed by atoms with Crippen LogP contribution in [0.4, 0.5) is 0 Å². The summed E-state index contributed by atoms with van der Waals surface area (Å²) in [4.78, 5) is 13.3. The summed E-state index contributed by atoms with van der Waals surface area (Å²) in [6.45, 7) is 2.91. The van der Waals surface area contributed by atoms with Crippen molar-refractivity contribution >= 4 is 5.91 Å². The minimum atomic E-state index is -1.78. The minimum Gasteiger partial charge on any atom is -0.394 e. The van der Waals surface area contributed by atoms with Gasteiger partial charge in [0.2, 0.25) is 5.91 Å². The number of nitrogens with one attached hydrogen (secondary N) is 1. The fraction of sp³-hybridized carbons (Fsp3) is 0.959. The summed E-state index contributed by atoms with van der Waals surface area (Å²) in [6, 6.07) is -0.825. The van der Waals surface area contributed by atoms with Crippen LogP contribution in [0.5, 0.6) is 0 Å². The quantitative estimate of drug-likeness (QED) is 0.0204. The molecule has 12 atom stereocenters. The number of unbranched alkanes of at least 4 members (excludes halogenated alkanes) is 49. The van der Waals surface area contributed by atoms with Gasteiger partial charge in [0.1, 0.15) is 48.8 Å². The van der Waals surface area contributed by atoms with Gasteiger partial charge in [-0.15, -0.1) is 0 Å². The van der Waals surface area contributed by atoms with E-state index in [2.05, 4.69) is 31.3 Å². The fourth-order valence-corrected chi connectivity index (χ4v) is 12.9. The number of aliphatic hydroxyl groups is 8. The average molecular weight is 1250 g/mol. The molecule has 0 aromatic heterocycles. The molecule has 12 unspecified atom stereocenters. The summed E-state index contributed by atoms with van der Waals surface area (Å²) in [5.74, 6) is -0.198. The van der Waals surface area contributed by atoms with Crippen molar-refractivity contribution in [1.29, 1.82) is 0 Å². The second-order valence-corrected chi connectivity index (χ2v) is 27.1. The lowest BCUT2D eigenvalue weighted by Gasteiger charge is -2.46. The highest BCUT2D eigenvalue weighted by atomic mass is 16.7. The molecule has 0 saturated carbocycles. The molecule has 2 aliphatic rings. The molecule has 0 radical (unpaired) electrons. The Morgan fingerprint density at radius 1 is 0.398 bits per heavy atom. The number of carbonyl (C=O) groups is 1. The van der Waals surface area contributed by atoms with Gasteiger partial charge in [0.05, 0.1) is 32.0 Å². The molecule has 0 aromatic rings. The zero-order chi connectivity index (χ0) is 63.8. The molecule has 14 heteroatoms. The van der Waals surface area contributed by atoms with Crippen LogP contribution in [0.1, 0.15) is 361 Å². The van der Waals surface area contributed by atoms with Crippen LogP contribution < -0.4 is 5.32 Å². The summed E-state index contributed by atoms with van der Waals surface area (Å²) in [5.41, 5.74) is 0. The van der Waals surface area contributed by atoms with E-state index in [0.717, 1.165) is 51.4 Å².